The molecular weight excluding hydrogens is 230 g/mol. The van der Waals surface area contributed by atoms with Gasteiger partial charge in [0.1, 0.15) is 0 Å². The summed E-state index contributed by atoms with van der Waals surface area (Å²) in [5, 5.41) is 13.6. The van der Waals surface area contributed by atoms with Crippen LogP contribution >= 0.6 is 11.8 Å². The minimum absolute atomic E-state index is 0.387. The molecule has 2 atom stereocenters. The predicted molar refractivity (Wildman–Crippen MR) is 74.5 cm³/mol. The minimum atomic E-state index is -0.387. The number of rotatable bonds is 4. The summed E-state index contributed by atoms with van der Waals surface area (Å²) in [4.78, 5) is 0. The highest BCUT2D eigenvalue weighted by molar-refractivity contribution is 7.99. The van der Waals surface area contributed by atoms with Crippen LogP contribution in [0.5, 0.6) is 0 Å². The molecule has 17 heavy (non-hydrogen) atoms. The van der Waals surface area contributed by atoms with Crippen molar-refractivity contribution in [1.82, 2.24) is 5.32 Å². The summed E-state index contributed by atoms with van der Waals surface area (Å²) < 4.78 is 0. The smallest absolute Gasteiger partial charge is 0.0914 e. The molecule has 1 aliphatic heterocycles. The molecule has 0 spiro atoms. The van der Waals surface area contributed by atoms with Gasteiger partial charge in [-0.15, -0.1) is 0 Å². The zero-order valence-electron chi connectivity index (χ0n) is 10.4. The first-order chi connectivity index (χ1) is 8.25. The summed E-state index contributed by atoms with van der Waals surface area (Å²) in [6.07, 6.45) is 2.15. The lowest BCUT2D eigenvalue weighted by molar-refractivity contribution is 0.170. The monoisotopic (exact) mass is 251 g/mol. The maximum atomic E-state index is 10.1. The molecule has 3 heteroatoms. The fraction of sp³-hybridized carbons (Fsp3) is 0.571. The molecular formula is C14H21NOS. The topological polar surface area (TPSA) is 32.3 Å². The van der Waals surface area contributed by atoms with E-state index >= 15 is 0 Å². The molecule has 1 aromatic carbocycles. The van der Waals surface area contributed by atoms with Gasteiger partial charge in [-0.05, 0) is 31.1 Å². The number of aryl methyl sites for hydroxylation is 1. The van der Waals surface area contributed by atoms with E-state index in [0.717, 1.165) is 5.56 Å². The summed E-state index contributed by atoms with van der Waals surface area (Å²) in [6.45, 7) is 2.72. The van der Waals surface area contributed by atoms with Gasteiger partial charge in [0.05, 0.1) is 6.10 Å². The molecule has 0 bridgehead atoms. The fourth-order valence-corrected chi connectivity index (χ4v) is 3.28. The Morgan fingerprint density at radius 2 is 2.41 bits per heavy atom. The summed E-state index contributed by atoms with van der Waals surface area (Å²) in [7, 11) is 0. The van der Waals surface area contributed by atoms with Gasteiger partial charge in [0.25, 0.3) is 0 Å². The quantitative estimate of drug-likeness (QED) is 0.862. The Hall–Kier alpha value is -0.510. The van der Waals surface area contributed by atoms with Gasteiger partial charge < -0.3 is 10.4 Å². The van der Waals surface area contributed by atoms with Crippen molar-refractivity contribution in [2.24, 2.45) is 0 Å². The second-order valence-electron chi connectivity index (χ2n) is 4.75. The molecule has 0 saturated carbocycles. The number of aliphatic hydroxyl groups is 1. The van der Waals surface area contributed by atoms with Crippen LogP contribution in [0.2, 0.25) is 0 Å². The van der Waals surface area contributed by atoms with Crippen molar-refractivity contribution in [3.63, 3.8) is 0 Å². The average molecular weight is 251 g/mol. The van der Waals surface area contributed by atoms with Gasteiger partial charge in [0.2, 0.25) is 0 Å². The Balaban J connectivity index is 1.82. The first-order valence-electron chi connectivity index (χ1n) is 6.31. The highest BCUT2D eigenvalue weighted by Gasteiger charge is 2.15. The number of nitrogens with one attached hydrogen (secondary N) is 1. The molecule has 2 rings (SSSR count). The number of aliphatic hydroxyl groups excluding tert-OH is 1. The van der Waals surface area contributed by atoms with Crippen molar-refractivity contribution in [2.45, 2.75) is 31.9 Å². The molecule has 0 unspecified atom stereocenters. The van der Waals surface area contributed by atoms with Gasteiger partial charge in [-0.2, -0.15) is 11.8 Å². The lowest BCUT2D eigenvalue weighted by Gasteiger charge is -2.24. The van der Waals surface area contributed by atoms with Crippen molar-refractivity contribution in [2.75, 3.05) is 18.1 Å². The van der Waals surface area contributed by atoms with Crippen molar-refractivity contribution in [3.05, 3.63) is 35.4 Å². The zero-order chi connectivity index (χ0) is 12.1. The third-order valence-corrected chi connectivity index (χ3v) is 4.40. The van der Waals surface area contributed by atoms with Crippen molar-refractivity contribution in [1.29, 1.82) is 0 Å². The van der Waals surface area contributed by atoms with Crippen LogP contribution in [-0.4, -0.2) is 29.2 Å². The van der Waals surface area contributed by atoms with E-state index in [1.807, 2.05) is 23.9 Å². The second kappa shape index (κ2) is 6.43. The third-order valence-electron chi connectivity index (χ3n) is 3.19. The standard InChI is InChI=1S/C14H21NOS/c1-11-4-2-5-12(8-11)14(16)9-15-13-6-3-7-17-10-13/h2,4-5,8,13-16H,3,6-7,9-10H2,1H3/t13-,14-/m0/s1. The highest BCUT2D eigenvalue weighted by Crippen LogP contribution is 2.18. The molecule has 1 fully saturated rings. The zero-order valence-corrected chi connectivity index (χ0v) is 11.2. The first-order valence-corrected chi connectivity index (χ1v) is 7.47. The lowest BCUT2D eigenvalue weighted by Crippen LogP contribution is -2.36. The maximum Gasteiger partial charge on any atom is 0.0914 e. The van der Waals surface area contributed by atoms with E-state index in [9.17, 15) is 5.11 Å². The van der Waals surface area contributed by atoms with Gasteiger partial charge in [-0.1, -0.05) is 29.8 Å². The van der Waals surface area contributed by atoms with Gasteiger partial charge >= 0.3 is 0 Å². The van der Waals surface area contributed by atoms with Gasteiger partial charge in [0.15, 0.2) is 0 Å². The number of thioether (sulfide) groups is 1. The molecule has 2 N–H and O–H groups in total. The summed E-state index contributed by atoms with van der Waals surface area (Å²) in [6, 6.07) is 8.69. The van der Waals surface area contributed by atoms with Crippen molar-refractivity contribution in [3.8, 4) is 0 Å². The molecule has 0 amide bonds. The van der Waals surface area contributed by atoms with Crippen LogP contribution in [-0.2, 0) is 0 Å². The largest absolute Gasteiger partial charge is 0.387 e. The molecule has 1 heterocycles. The molecule has 2 nitrogen and oxygen atoms in total. The molecule has 94 valence electrons. The van der Waals surface area contributed by atoms with Crippen LogP contribution in [0.15, 0.2) is 24.3 Å². The normalized spacial score (nSPS) is 22.4. The Bertz CT molecular complexity index is 350. The molecule has 0 aliphatic carbocycles. The Morgan fingerprint density at radius 1 is 1.53 bits per heavy atom. The van der Waals surface area contributed by atoms with Crippen LogP contribution in [0.4, 0.5) is 0 Å². The maximum absolute atomic E-state index is 10.1. The van der Waals surface area contributed by atoms with E-state index in [1.54, 1.807) is 0 Å². The van der Waals surface area contributed by atoms with Crippen LogP contribution in [0.25, 0.3) is 0 Å². The summed E-state index contributed by atoms with van der Waals surface area (Å²) in [5.74, 6) is 2.47. The fourth-order valence-electron chi connectivity index (χ4n) is 2.18. The van der Waals surface area contributed by atoms with Gasteiger partial charge in [-0.3, -0.25) is 0 Å². The Kier molecular flexibility index (Phi) is 4.89. The van der Waals surface area contributed by atoms with E-state index in [-0.39, 0.29) is 6.10 Å². The molecule has 1 saturated heterocycles. The SMILES string of the molecule is Cc1cccc([C@@H](O)CN[C@H]2CCCSC2)c1. The van der Waals surface area contributed by atoms with Crippen LogP contribution in [0.3, 0.4) is 0 Å². The molecule has 0 radical (unpaired) electrons. The number of hydrogen-bond acceptors (Lipinski definition) is 3. The third kappa shape index (κ3) is 4.02. The van der Waals surface area contributed by atoms with E-state index in [2.05, 4.69) is 24.4 Å². The van der Waals surface area contributed by atoms with E-state index in [0.29, 0.717) is 12.6 Å². The number of hydrogen-bond donors (Lipinski definition) is 2. The van der Waals surface area contributed by atoms with Crippen LogP contribution in [0, 0.1) is 6.92 Å². The highest BCUT2D eigenvalue weighted by atomic mass is 32.2. The van der Waals surface area contributed by atoms with Gasteiger partial charge in [-0.25, -0.2) is 0 Å². The van der Waals surface area contributed by atoms with Crippen molar-refractivity contribution >= 4 is 11.8 Å². The summed E-state index contributed by atoms with van der Waals surface area (Å²) in [5.41, 5.74) is 2.22. The van der Waals surface area contributed by atoms with E-state index in [1.165, 1.54) is 29.9 Å². The lowest BCUT2D eigenvalue weighted by atomic mass is 10.1. The Labute approximate surface area is 108 Å². The van der Waals surface area contributed by atoms with Crippen LogP contribution in [0.1, 0.15) is 30.1 Å². The number of benzene rings is 1. The second-order valence-corrected chi connectivity index (χ2v) is 5.90. The minimum Gasteiger partial charge on any atom is -0.387 e. The Morgan fingerprint density at radius 3 is 3.12 bits per heavy atom. The van der Waals surface area contributed by atoms with Gasteiger partial charge in [0, 0.05) is 18.3 Å². The predicted octanol–water partition coefficient (Wildman–Crippen LogP) is 2.51. The molecule has 1 aliphatic rings. The van der Waals surface area contributed by atoms with Crippen LogP contribution < -0.4 is 5.32 Å². The molecule has 1 aromatic rings. The van der Waals surface area contributed by atoms with E-state index < -0.39 is 0 Å². The molecule has 0 aromatic heterocycles. The summed E-state index contributed by atoms with van der Waals surface area (Å²) >= 11 is 2.01. The van der Waals surface area contributed by atoms with E-state index in [4.69, 9.17) is 0 Å². The average Bonchev–Trinajstić information content (AvgIpc) is 2.37. The first kappa shape index (κ1) is 12.9. The van der Waals surface area contributed by atoms with Crippen molar-refractivity contribution < 1.29 is 5.11 Å².